The van der Waals surface area contributed by atoms with Crippen molar-refractivity contribution in [2.24, 2.45) is 0 Å². The zero-order valence-electron chi connectivity index (χ0n) is 15.3. The average molecular weight is 374 g/mol. The summed E-state index contributed by atoms with van der Waals surface area (Å²) >= 11 is 0. The lowest BCUT2D eigenvalue weighted by Crippen LogP contribution is -2.03. The van der Waals surface area contributed by atoms with Crippen LogP contribution in [0, 0.1) is 6.92 Å². The van der Waals surface area contributed by atoms with E-state index in [4.69, 9.17) is 9.63 Å². The van der Waals surface area contributed by atoms with E-state index in [1.165, 1.54) is 5.56 Å². The van der Waals surface area contributed by atoms with Crippen LogP contribution >= 0.6 is 0 Å². The number of nitrogens with zero attached hydrogens (tertiary/aromatic N) is 3. The van der Waals surface area contributed by atoms with E-state index in [9.17, 15) is 4.79 Å². The highest BCUT2D eigenvalue weighted by atomic mass is 16.5. The zero-order chi connectivity index (χ0) is 19.3. The van der Waals surface area contributed by atoms with Gasteiger partial charge in [0.1, 0.15) is 0 Å². The maximum atomic E-state index is 11.1. The van der Waals surface area contributed by atoms with Gasteiger partial charge in [-0.1, -0.05) is 5.16 Å². The molecule has 0 bridgehead atoms. The molecular weight excluding hydrogens is 356 g/mol. The van der Waals surface area contributed by atoms with Crippen molar-refractivity contribution in [3.05, 3.63) is 53.5 Å². The highest BCUT2D eigenvalue weighted by molar-refractivity contribution is 5.89. The number of aromatic amines is 1. The number of benzene rings is 1. The van der Waals surface area contributed by atoms with E-state index in [1.807, 2.05) is 25.1 Å². The molecular formula is C21H18N4O3. The van der Waals surface area contributed by atoms with Crippen molar-refractivity contribution in [2.45, 2.75) is 32.1 Å². The Morgan fingerprint density at radius 3 is 3.00 bits per heavy atom. The largest absolute Gasteiger partial charge is 0.481 e. The number of aliphatic carboxylic acids is 1. The number of carbonyl (C=O) groups is 1. The zero-order valence-corrected chi connectivity index (χ0v) is 15.3. The molecule has 0 spiro atoms. The highest BCUT2D eigenvalue weighted by Gasteiger charge is 2.28. The van der Waals surface area contributed by atoms with Gasteiger partial charge in [0.2, 0.25) is 5.82 Å². The number of nitrogens with one attached hydrogen (secondary N) is 1. The van der Waals surface area contributed by atoms with E-state index in [0.717, 1.165) is 46.1 Å². The Morgan fingerprint density at radius 1 is 1.29 bits per heavy atom. The van der Waals surface area contributed by atoms with Crippen molar-refractivity contribution in [2.75, 3.05) is 0 Å². The molecule has 140 valence electrons. The van der Waals surface area contributed by atoms with Gasteiger partial charge in [0.15, 0.2) is 0 Å². The van der Waals surface area contributed by atoms with E-state index < -0.39 is 5.97 Å². The normalized spacial score (nSPS) is 15.8. The second-order valence-corrected chi connectivity index (χ2v) is 7.29. The van der Waals surface area contributed by atoms with Gasteiger partial charge < -0.3 is 14.6 Å². The Morgan fingerprint density at radius 2 is 2.18 bits per heavy atom. The summed E-state index contributed by atoms with van der Waals surface area (Å²) in [5, 5.41) is 14.4. The summed E-state index contributed by atoms with van der Waals surface area (Å²) in [6.07, 6.45) is 5.38. The van der Waals surface area contributed by atoms with Gasteiger partial charge in [0.05, 0.1) is 12.0 Å². The van der Waals surface area contributed by atoms with Gasteiger partial charge in [0.25, 0.3) is 5.89 Å². The number of carboxylic acid groups (broad SMARTS) is 1. The molecule has 3 aromatic heterocycles. The number of H-pyrrole nitrogens is 1. The molecule has 1 aliphatic rings. The second kappa shape index (κ2) is 6.30. The van der Waals surface area contributed by atoms with Crippen LogP contribution in [0.1, 0.15) is 35.6 Å². The van der Waals surface area contributed by atoms with Crippen LogP contribution in [-0.4, -0.2) is 31.2 Å². The monoisotopic (exact) mass is 374 g/mol. The Bertz CT molecular complexity index is 1210. The third-order valence-electron chi connectivity index (χ3n) is 5.32. The van der Waals surface area contributed by atoms with Crippen LogP contribution in [0.25, 0.3) is 33.7 Å². The summed E-state index contributed by atoms with van der Waals surface area (Å²) in [4.78, 5) is 23.2. The van der Waals surface area contributed by atoms with Crippen LogP contribution in [0.5, 0.6) is 0 Å². The highest BCUT2D eigenvalue weighted by Crippen LogP contribution is 2.40. The van der Waals surface area contributed by atoms with Gasteiger partial charge in [-0.25, -0.2) is 0 Å². The fourth-order valence-corrected chi connectivity index (χ4v) is 4.03. The number of hydrogen-bond acceptors (Lipinski definition) is 5. The molecule has 0 saturated carbocycles. The summed E-state index contributed by atoms with van der Waals surface area (Å²) in [7, 11) is 0. The van der Waals surface area contributed by atoms with Crippen LogP contribution in [0.2, 0.25) is 0 Å². The van der Waals surface area contributed by atoms with Crippen molar-refractivity contribution >= 4 is 16.9 Å². The van der Waals surface area contributed by atoms with Crippen LogP contribution in [0.15, 0.2) is 41.2 Å². The molecule has 0 saturated heterocycles. The molecule has 2 N–H and O–H groups in total. The fourth-order valence-electron chi connectivity index (χ4n) is 4.03. The molecule has 1 aliphatic carbocycles. The van der Waals surface area contributed by atoms with Gasteiger partial charge in [-0.2, -0.15) is 4.98 Å². The predicted molar refractivity (Wildman–Crippen MR) is 103 cm³/mol. The Balaban J connectivity index is 1.52. The first-order valence-corrected chi connectivity index (χ1v) is 9.21. The summed E-state index contributed by atoms with van der Waals surface area (Å²) in [5.74, 6) is 0.247. The SMILES string of the molecule is Cc1cncc(-c2nc(-c3ccc4[nH]c5c(c4c3)CCC5CC(=O)O)no2)c1. The number of aromatic nitrogens is 4. The third kappa shape index (κ3) is 2.76. The van der Waals surface area contributed by atoms with Gasteiger partial charge in [-0.15, -0.1) is 0 Å². The number of pyridine rings is 1. The molecule has 7 heteroatoms. The average Bonchev–Trinajstić information content (AvgIpc) is 3.37. The van der Waals surface area contributed by atoms with E-state index in [2.05, 4.69) is 26.2 Å². The van der Waals surface area contributed by atoms with E-state index >= 15 is 0 Å². The van der Waals surface area contributed by atoms with Crippen molar-refractivity contribution in [1.29, 1.82) is 0 Å². The molecule has 0 radical (unpaired) electrons. The molecule has 1 atom stereocenters. The Kier molecular flexibility index (Phi) is 3.75. The van der Waals surface area contributed by atoms with Crippen LogP contribution < -0.4 is 0 Å². The summed E-state index contributed by atoms with van der Waals surface area (Å²) in [6.45, 7) is 1.96. The minimum Gasteiger partial charge on any atom is -0.481 e. The van der Waals surface area contributed by atoms with E-state index in [0.29, 0.717) is 11.7 Å². The summed E-state index contributed by atoms with van der Waals surface area (Å²) in [6, 6.07) is 7.94. The molecule has 3 heterocycles. The quantitative estimate of drug-likeness (QED) is 0.557. The smallest absolute Gasteiger partial charge is 0.304 e. The Labute approximate surface area is 160 Å². The number of carboxylic acids is 1. The van der Waals surface area contributed by atoms with E-state index in [-0.39, 0.29) is 12.3 Å². The van der Waals surface area contributed by atoms with Crippen molar-refractivity contribution in [3.63, 3.8) is 0 Å². The standard InChI is InChI=1S/C21H18N4O3/c1-11-6-14(10-22-9-11)21-24-20(25-28-21)13-3-5-17-16(7-13)15-4-2-12(8-18(26)27)19(15)23-17/h3,5-7,9-10,12,23H,2,4,8H2,1H3,(H,26,27). The van der Waals surface area contributed by atoms with Crippen molar-refractivity contribution < 1.29 is 14.4 Å². The van der Waals surface area contributed by atoms with Crippen molar-refractivity contribution in [1.82, 2.24) is 20.1 Å². The van der Waals surface area contributed by atoms with Crippen LogP contribution in [0.4, 0.5) is 0 Å². The Hall–Kier alpha value is -3.48. The number of aryl methyl sites for hydroxylation is 2. The second-order valence-electron chi connectivity index (χ2n) is 7.29. The number of hydrogen-bond donors (Lipinski definition) is 2. The minimum absolute atomic E-state index is 0.0500. The number of rotatable bonds is 4. The lowest BCUT2D eigenvalue weighted by Gasteiger charge is -2.05. The van der Waals surface area contributed by atoms with Gasteiger partial charge in [-0.05, 0) is 55.2 Å². The first-order chi connectivity index (χ1) is 13.6. The van der Waals surface area contributed by atoms with Crippen LogP contribution in [0.3, 0.4) is 0 Å². The molecule has 5 rings (SSSR count). The molecule has 0 aliphatic heterocycles. The van der Waals surface area contributed by atoms with Crippen molar-refractivity contribution in [3.8, 4) is 22.8 Å². The van der Waals surface area contributed by atoms with E-state index in [1.54, 1.807) is 12.4 Å². The van der Waals surface area contributed by atoms with Gasteiger partial charge >= 0.3 is 5.97 Å². The third-order valence-corrected chi connectivity index (χ3v) is 5.32. The number of fused-ring (bicyclic) bond motifs is 3. The molecule has 0 amide bonds. The van der Waals surface area contributed by atoms with Gasteiger partial charge in [0, 0.05) is 40.5 Å². The maximum Gasteiger partial charge on any atom is 0.304 e. The first-order valence-electron chi connectivity index (χ1n) is 9.21. The van der Waals surface area contributed by atoms with Crippen LogP contribution in [-0.2, 0) is 11.2 Å². The summed E-state index contributed by atoms with van der Waals surface area (Å²) in [5.41, 5.74) is 5.95. The molecule has 7 nitrogen and oxygen atoms in total. The minimum atomic E-state index is -0.762. The lowest BCUT2D eigenvalue weighted by atomic mass is 10.0. The maximum absolute atomic E-state index is 11.1. The summed E-state index contributed by atoms with van der Waals surface area (Å²) < 4.78 is 5.43. The van der Waals surface area contributed by atoms with Gasteiger partial charge in [-0.3, -0.25) is 9.78 Å². The molecule has 4 aromatic rings. The predicted octanol–water partition coefficient (Wildman–Crippen LogP) is 4.09. The first kappa shape index (κ1) is 16.7. The molecule has 28 heavy (non-hydrogen) atoms. The fraction of sp³-hybridized carbons (Fsp3) is 0.238. The molecule has 1 unspecified atom stereocenters. The molecule has 1 aromatic carbocycles. The lowest BCUT2D eigenvalue weighted by molar-refractivity contribution is -0.137. The topological polar surface area (TPSA) is 105 Å². The molecule has 0 fully saturated rings.